The molecule has 1 aliphatic heterocycles. The van der Waals surface area contributed by atoms with E-state index in [0.29, 0.717) is 40.7 Å². The van der Waals surface area contributed by atoms with Crippen LogP contribution in [0.25, 0.3) is 0 Å². The average Bonchev–Trinajstić information content (AvgIpc) is 3.39. The molecule has 8 heteroatoms. The van der Waals surface area contributed by atoms with Crippen LogP contribution < -0.4 is 19.1 Å². The van der Waals surface area contributed by atoms with Gasteiger partial charge in [-0.2, -0.15) is 0 Å². The third-order valence-corrected chi connectivity index (χ3v) is 7.08. The van der Waals surface area contributed by atoms with Gasteiger partial charge >= 0.3 is 0 Å². The van der Waals surface area contributed by atoms with Crippen LogP contribution in [0.1, 0.15) is 39.7 Å². The summed E-state index contributed by atoms with van der Waals surface area (Å²) in [6.45, 7) is 2.39. The number of nitrogens with zero attached hydrogens (tertiary/aromatic N) is 2. The largest absolute Gasteiger partial charge is 0.493 e. The molecule has 0 bridgehead atoms. The van der Waals surface area contributed by atoms with Crippen LogP contribution in [-0.2, 0) is 4.79 Å². The molecule has 0 fully saturated rings. The van der Waals surface area contributed by atoms with E-state index in [1.54, 1.807) is 43.1 Å². The van der Waals surface area contributed by atoms with Crippen LogP contribution in [0, 0.1) is 0 Å². The summed E-state index contributed by atoms with van der Waals surface area (Å²) in [5, 5.41) is 1.95. The molecule has 2 unspecified atom stereocenters. The Bertz CT molecular complexity index is 1190. The second kappa shape index (κ2) is 9.77. The van der Waals surface area contributed by atoms with Gasteiger partial charge in [-0.15, -0.1) is 11.3 Å². The molecule has 2 atom stereocenters. The van der Waals surface area contributed by atoms with Crippen molar-refractivity contribution in [1.82, 2.24) is 4.90 Å². The monoisotopic (exact) mass is 480 g/mol. The number of amides is 2. The third-order valence-electron chi connectivity index (χ3n) is 6.13. The predicted octanol–water partition coefficient (Wildman–Crippen LogP) is 4.74. The first-order chi connectivity index (χ1) is 16.4. The van der Waals surface area contributed by atoms with Gasteiger partial charge in [0, 0.05) is 24.5 Å². The van der Waals surface area contributed by atoms with Crippen molar-refractivity contribution < 1.29 is 23.8 Å². The molecular formula is C26H28N2O5S. The molecule has 0 spiro atoms. The Morgan fingerprint density at radius 1 is 1.06 bits per heavy atom. The number of likely N-dealkylation sites (N-methyl/N-ethyl adjacent to an activating group) is 2. The highest BCUT2D eigenvalue weighted by molar-refractivity contribution is 7.10. The number of benzene rings is 2. The van der Waals surface area contributed by atoms with E-state index in [4.69, 9.17) is 14.2 Å². The van der Waals surface area contributed by atoms with Gasteiger partial charge in [0.05, 0.1) is 38.5 Å². The van der Waals surface area contributed by atoms with Crippen molar-refractivity contribution in [1.29, 1.82) is 0 Å². The molecule has 2 heterocycles. The lowest BCUT2D eigenvalue weighted by Crippen LogP contribution is -2.46. The molecule has 34 heavy (non-hydrogen) atoms. The third kappa shape index (κ3) is 3.98. The number of carbonyl (C=O) groups is 2. The van der Waals surface area contributed by atoms with Crippen LogP contribution in [0.3, 0.4) is 0 Å². The summed E-state index contributed by atoms with van der Waals surface area (Å²) in [6.07, 6.45) is 0. The summed E-state index contributed by atoms with van der Waals surface area (Å²) >= 11 is 1.52. The summed E-state index contributed by atoms with van der Waals surface area (Å²) in [6, 6.07) is 14.3. The van der Waals surface area contributed by atoms with E-state index in [1.165, 1.54) is 18.4 Å². The molecule has 7 nitrogen and oxygen atoms in total. The Morgan fingerprint density at radius 3 is 2.41 bits per heavy atom. The van der Waals surface area contributed by atoms with Crippen LogP contribution in [0.5, 0.6) is 17.2 Å². The van der Waals surface area contributed by atoms with E-state index in [2.05, 4.69) is 0 Å². The van der Waals surface area contributed by atoms with Crippen LogP contribution in [0.15, 0.2) is 53.9 Å². The van der Waals surface area contributed by atoms with Crippen molar-refractivity contribution in [3.05, 3.63) is 69.9 Å². The van der Waals surface area contributed by atoms with Crippen LogP contribution >= 0.6 is 11.3 Å². The fourth-order valence-electron chi connectivity index (χ4n) is 4.47. The number of hydrogen-bond donors (Lipinski definition) is 0. The summed E-state index contributed by atoms with van der Waals surface area (Å²) < 4.78 is 16.7. The van der Waals surface area contributed by atoms with Crippen molar-refractivity contribution in [2.75, 3.05) is 39.8 Å². The first-order valence-electron chi connectivity index (χ1n) is 11.0. The fraction of sp³-hybridized carbons (Fsp3) is 0.308. The van der Waals surface area contributed by atoms with E-state index in [-0.39, 0.29) is 11.8 Å². The maximum Gasteiger partial charge on any atom is 0.254 e. The first kappa shape index (κ1) is 23.6. The van der Waals surface area contributed by atoms with E-state index >= 15 is 0 Å². The van der Waals surface area contributed by atoms with Crippen molar-refractivity contribution in [2.45, 2.75) is 18.9 Å². The van der Waals surface area contributed by atoms with Gasteiger partial charge < -0.3 is 24.0 Å². The standard InChI is InChI=1S/C26H28N2O5S/c1-6-33-19-11-8-7-10-18(19)27(2)26(30)23-16-14-20(31-4)21(32-5)15-17(16)25(29)28(3)24(23)22-12-9-13-34-22/h7-15,23-24H,6H2,1-5H3. The summed E-state index contributed by atoms with van der Waals surface area (Å²) in [5.74, 6) is 0.559. The minimum atomic E-state index is -0.657. The minimum absolute atomic E-state index is 0.154. The zero-order chi connectivity index (χ0) is 24.4. The highest BCUT2D eigenvalue weighted by Crippen LogP contribution is 2.47. The molecule has 0 saturated carbocycles. The fourth-order valence-corrected chi connectivity index (χ4v) is 5.37. The molecule has 2 aromatic carbocycles. The predicted molar refractivity (Wildman–Crippen MR) is 132 cm³/mol. The van der Waals surface area contributed by atoms with Gasteiger partial charge in [0.25, 0.3) is 5.91 Å². The van der Waals surface area contributed by atoms with Gasteiger partial charge in [0.15, 0.2) is 11.5 Å². The smallest absolute Gasteiger partial charge is 0.254 e. The van der Waals surface area contributed by atoms with E-state index in [0.717, 1.165) is 4.88 Å². The molecule has 0 N–H and O–H groups in total. The number of fused-ring (bicyclic) bond motifs is 1. The SMILES string of the molecule is CCOc1ccccc1N(C)C(=O)C1c2cc(OC)c(OC)cc2C(=O)N(C)C1c1cccs1. The molecule has 3 aromatic rings. The molecule has 1 aromatic heterocycles. The Kier molecular flexibility index (Phi) is 6.79. The highest BCUT2D eigenvalue weighted by atomic mass is 32.1. The van der Waals surface area contributed by atoms with Crippen LogP contribution in [0.2, 0.25) is 0 Å². The van der Waals surface area contributed by atoms with Gasteiger partial charge in [0.1, 0.15) is 5.75 Å². The van der Waals surface area contributed by atoms with Crippen molar-refractivity contribution in [3.63, 3.8) is 0 Å². The minimum Gasteiger partial charge on any atom is -0.493 e. The van der Waals surface area contributed by atoms with Gasteiger partial charge in [-0.25, -0.2) is 0 Å². The number of anilines is 1. The summed E-state index contributed by atoms with van der Waals surface area (Å²) in [5.41, 5.74) is 1.71. The van der Waals surface area contributed by atoms with Crippen molar-refractivity contribution in [2.24, 2.45) is 0 Å². The quantitative estimate of drug-likeness (QED) is 0.489. The highest BCUT2D eigenvalue weighted by Gasteiger charge is 2.45. The van der Waals surface area contributed by atoms with Gasteiger partial charge in [-0.3, -0.25) is 9.59 Å². The maximum atomic E-state index is 14.2. The van der Waals surface area contributed by atoms with Crippen LogP contribution in [0.4, 0.5) is 5.69 Å². The number of methoxy groups -OCH3 is 2. The van der Waals surface area contributed by atoms with Crippen molar-refractivity contribution >= 4 is 28.8 Å². The normalized spacial score (nSPS) is 17.2. The van der Waals surface area contributed by atoms with Gasteiger partial charge in [-0.1, -0.05) is 18.2 Å². The second-order valence-corrected chi connectivity index (χ2v) is 8.93. The number of hydrogen-bond acceptors (Lipinski definition) is 6. The van der Waals surface area contributed by atoms with E-state index < -0.39 is 12.0 Å². The summed E-state index contributed by atoms with van der Waals surface area (Å²) in [4.78, 5) is 31.8. The van der Waals surface area contributed by atoms with Crippen molar-refractivity contribution in [3.8, 4) is 17.2 Å². The summed E-state index contributed by atoms with van der Waals surface area (Å²) in [7, 11) is 6.54. The lowest BCUT2D eigenvalue weighted by Gasteiger charge is -2.40. The molecule has 1 aliphatic rings. The lowest BCUT2D eigenvalue weighted by molar-refractivity contribution is -0.121. The molecular weight excluding hydrogens is 452 g/mol. The molecule has 0 radical (unpaired) electrons. The number of carbonyl (C=O) groups excluding carboxylic acids is 2. The zero-order valence-electron chi connectivity index (χ0n) is 19.9. The average molecular weight is 481 g/mol. The Morgan fingerprint density at radius 2 is 1.76 bits per heavy atom. The van der Waals surface area contributed by atoms with E-state index in [1.807, 2.05) is 48.7 Å². The molecule has 2 amide bonds. The van der Waals surface area contributed by atoms with Gasteiger partial charge in [-0.05, 0) is 48.2 Å². The molecule has 4 rings (SSSR count). The number of para-hydroxylation sites is 2. The molecule has 178 valence electrons. The van der Waals surface area contributed by atoms with Crippen LogP contribution in [-0.4, -0.2) is 51.6 Å². The lowest BCUT2D eigenvalue weighted by atomic mass is 9.81. The number of rotatable bonds is 7. The Hall–Kier alpha value is -3.52. The maximum absolute atomic E-state index is 14.2. The first-order valence-corrected chi connectivity index (χ1v) is 11.9. The Labute approximate surface area is 203 Å². The zero-order valence-corrected chi connectivity index (χ0v) is 20.7. The number of ether oxygens (including phenoxy) is 3. The topological polar surface area (TPSA) is 68.3 Å². The molecule has 0 aliphatic carbocycles. The van der Waals surface area contributed by atoms with E-state index in [9.17, 15) is 9.59 Å². The molecule has 0 saturated heterocycles. The second-order valence-electron chi connectivity index (χ2n) is 7.95. The van der Waals surface area contributed by atoms with Gasteiger partial charge in [0.2, 0.25) is 5.91 Å². The Balaban J connectivity index is 1.89. The number of thiophene rings is 1.